The van der Waals surface area contributed by atoms with Crippen molar-refractivity contribution in [2.24, 2.45) is 0 Å². The third kappa shape index (κ3) is 7.29. The van der Waals surface area contributed by atoms with Crippen molar-refractivity contribution in [1.29, 1.82) is 0 Å². The summed E-state index contributed by atoms with van der Waals surface area (Å²) in [5.41, 5.74) is 0.267. The van der Waals surface area contributed by atoms with E-state index in [1.54, 1.807) is 18.2 Å². The van der Waals surface area contributed by atoms with Crippen molar-refractivity contribution in [1.82, 2.24) is 0 Å². The topological polar surface area (TPSA) is 119 Å². The molecule has 0 aliphatic heterocycles. The maximum atomic E-state index is 13.1. The van der Waals surface area contributed by atoms with E-state index < -0.39 is 36.0 Å². The number of carbonyl (C=O) groups is 4. The molecule has 0 unspecified atom stereocenters. The van der Waals surface area contributed by atoms with E-state index >= 15 is 0 Å². The van der Waals surface area contributed by atoms with Crippen LogP contribution in [0.1, 0.15) is 20.7 Å². The van der Waals surface area contributed by atoms with Crippen LogP contribution >= 0.6 is 39.1 Å². The number of anilines is 1. The molecule has 1 amide bonds. The van der Waals surface area contributed by atoms with Gasteiger partial charge in [-0.05, 0) is 66.7 Å². The molecule has 0 saturated carbocycles. The Bertz CT molecular complexity index is 1250. The summed E-state index contributed by atoms with van der Waals surface area (Å²) in [5, 5.41) is 12.9. The predicted octanol–water partition coefficient (Wildman–Crippen LogP) is 5.23. The largest absolute Gasteiger partial charge is 0.478 e. The highest BCUT2D eigenvalue weighted by Gasteiger charge is 2.41. The van der Waals surface area contributed by atoms with Crippen molar-refractivity contribution >= 4 is 68.6 Å². The molecule has 0 fully saturated rings. The van der Waals surface area contributed by atoms with Crippen LogP contribution in [0, 0.1) is 0 Å². The van der Waals surface area contributed by atoms with Crippen LogP contribution in [0.15, 0.2) is 77.3 Å². The number of halogens is 3. The van der Waals surface area contributed by atoms with Crippen LogP contribution in [0.25, 0.3) is 0 Å². The number of benzene rings is 3. The smallest absolute Gasteiger partial charge is 0.349 e. The summed E-state index contributed by atoms with van der Waals surface area (Å²) >= 11 is 14.9. The number of ether oxygens (including phenoxy) is 2. The molecule has 0 bridgehead atoms. The number of hydrogen-bond donors (Lipinski definition) is 2. The molecular weight excluding hydrogens is 565 g/mol. The molecule has 11 heteroatoms. The molecular formula is C24H16BrCl2NO7. The average molecular weight is 581 g/mol. The highest BCUT2D eigenvalue weighted by molar-refractivity contribution is 9.10. The summed E-state index contributed by atoms with van der Waals surface area (Å²) < 4.78 is 11.0. The summed E-state index contributed by atoms with van der Waals surface area (Å²) in [6.45, 7) is 0. The van der Waals surface area contributed by atoms with Gasteiger partial charge in [0.25, 0.3) is 5.91 Å². The van der Waals surface area contributed by atoms with Crippen LogP contribution < -0.4 is 5.32 Å². The van der Waals surface area contributed by atoms with Crippen molar-refractivity contribution in [3.8, 4) is 0 Å². The summed E-state index contributed by atoms with van der Waals surface area (Å²) in [6, 6.07) is 17.4. The standard InChI is InChI=1S/C24H16BrCl2NO7/c25-15-2-1-3-18(12-15)28-21(29)19(34-23(32)13-4-8-16(26)9-5-13)20(22(30)31)35-24(33)14-6-10-17(27)11-7-14/h1-12,19-20H,(H,28,29)(H,30,31)/t19-,20+/m1/s1. The molecule has 0 saturated heterocycles. The van der Waals surface area contributed by atoms with E-state index in [-0.39, 0.29) is 16.8 Å². The van der Waals surface area contributed by atoms with Crippen LogP contribution in [0.4, 0.5) is 5.69 Å². The molecule has 0 aromatic heterocycles. The maximum absolute atomic E-state index is 13.1. The summed E-state index contributed by atoms with van der Waals surface area (Å²) in [7, 11) is 0. The quantitative estimate of drug-likeness (QED) is 0.350. The van der Waals surface area contributed by atoms with Gasteiger partial charge in [0.2, 0.25) is 12.2 Å². The lowest BCUT2D eigenvalue weighted by Crippen LogP contribution is -2.48. The minimum atomic E-state index is -2.17. The Labute approximate surface area is 217 Å². The number of carboxylic acid groups (broad SMARTS) is 1. The van der Waals surface area contributed by atoms with E-state index in [2.05, 4.69) is 21.2 Å². The van der Waals surface area contributed by atoms with E-state index in [1.807, 2.05) is 0 Å². The molecule has 0 aliphatic carbocycles. The number of amides is 1. The summed E-state index contributed by atoms with van der Waals surface area (Å²) in [4.78, 5) is 50.4. The number of carboxylic acids is 1. The van der Waals surface area contributed by atoms with Crippen molar-refractivity contribution in [3.05, 3.63) is 98.4 Å². The number of carbonyl (C=O) groups excluding carboxylic acids is 3. The zero-order chi connectivity index (χ0) is 25.5. The molecule has 2 N–H and O–H groups in total. The average Bonchev–Trinajstić information content (AvgIpc) is 2.81. The molecule has 0 heterocycles. The Morgan fingerprint density at radius 1 is 0.771 bits per heavy atom. The molecule has 3 aromatic carbocycles. The number of nitrogens with one attached hydrogen (secondary N) is 1. The minimum Gasteiger partial charge on any atom is -0.478 e. The predicted molar refractivity (Wildman–Crippen MR) is 132 cm³/mol. The number of aliphatic carboxylic acids is 1. The van der Waals surface area contributed by atoms with Gasteiger partial charge >= 0.3 is 17.9 Å². The highest BCUT2D eigenvalue weighted by Crippen LogP contribution is 2.20. The second-order valence-electron chi connectivity index (χ2n) is 7.00. The van der Waals surface area contributed by atoms with Gasteiger partial charge in [0, 0.05) is 20.2 Å². The normalized spacial score (nSPS) is 12.2. The molecule has 0 spiro atoms. The van der Waals surface area contributed by atoms with Gasteiger partial charge < -0.3 is 19.9 Å². The van der Waals surface area contributed by atoms with Gasteiger partial charge in [-0.15, -0.1) is 0 Å². The number of esters is 2. The molecule has 35 heavy (non-hydrogen) atoms. The second kappa shape index (κ2) is 11.8. The molecule has 2 atom stereocenters. The summed E-state index contributed by atoms with van der Waals surface area (Å²) in [6.07, 6.45) is -4.20. The van der Waals surface area contributed by atoms with E-state index in [0.717, 1.165) is 0 Å². The minimum absolute atomic E-state index is 0.00261. The Hall–Kier alpha value is -3.40. The number of hydrogen-bond acceptors (Lipinski definition) is 6. The molecule has 180 valence electrons. The molecule has 0 aliphatic rings. The Morgan fingerprint density at radius 2 is 1.26 bits per heavy atom. The van der Waals surface area contributed by atoms with Gasteiger partial charge in [-0.25, -0.2) is 14.4 Å². The van der Waals surface area contributed by atoms with E-state index in [0.29, 0.717) is 14.5 Å². The monoisotopic (exact) mass is 579 g/mol. The van der Waals surface area contributed by atoms with Gasteiger partial charge in [-0.1, -0.05) is 45.2 Å². The lowest BCUT2D eigenvalue weighted by molar-refractivity contribution is -0.157. The van der Waals surface area contributed by atoms with Crippen molar-refractivity contribution in [2.45, 2.75) is 12.2 Å². The zero-order valence-corrected chi connectivity index (χ0v) is 20.7. The molecule has 3 aromatic rings. The first-order valence-corrected chi connectivity index (χ1v) is 11.4. The van der Waals surface area contributed by atoms with E-state index in [1.165, 1.54) is 54.6 Å². The summed E-state index contributed by atoms with van der Waals surface area (Å²) in [5.74, 6) is -4.81. The fourth-order valence-electron chi connectivity index (χ4n) is 2.81. The van der Waals surface area contributed by atoms with Crippen LogP contribution in [0.2, 0.25) is 10.0 Å². The van der Waals surface area contributed by atoms with E-state index in [9.17, 15) is 24.3 Å². The Morgan fingerprint density at radius 3 is 1.71 bits per heavy atom. The van der Waals surface area contributed by atoms with Crippen molar-refractivity contribution < 1.29 is 33.8 Å². The lowest BCUT2D eigenvalue weighted by Gasteiger charge is -2.23. The Kier molecular flexibility index (Phi) is 8.86. The van der Waals surface area contributed by atoms with Crippen LogP contribution in [-0.2, 0) is 19.1 Å². The third-order valence-corrected chi connectivity index (χ3v) is 5.49. The molecule has 3 rings (SSSR count). The fraction of sp³-hybridized carbons (Fsp3) is 0.0833. The van der Waals surface area contributed by atoms with Gasteiger partial charge in [-0.2, -0.15) is 0 Å². The number of rotatable bonds is 8. The highest BCUT2D eigenvalue weighted by atomic mass is 79.9. The third-order valence-electron chi connectivity index (χ3n) is 4.50. The fourth-order valence-corrected chi connectivity index (χ4v) is 3.46. The van der Waals surface area contributed by atoms with Crippen LogP contribution in [0.3, 0.4) is 0 Å². The second-order valence-corrected chi connectivity index (χ2v) is 8.79. The van der Waals surface area contributed by atoms with Gasteiger partial charge in [-0.3, -0.25) is 4.79 Å². The lowest BCUT2D eigenvalue weighted by atomic mass is 10.1. The molecule has 0 radical (unpaired) electrons. The first kappa shape index (κ1) is 26.2. The van der Waals surface area contributed by atoms with Gasteiger partial charge in [0.1, 0.15) is 0 Å². The SMILES string of the molecule is O=C(O[C@H](C(=O)O)[C@@H](OC(=O)c1ccc(Cl)cc1)C(=O)Nc1cccc(Br)c1)c1ccc(Cl)cc1. The maximum Gasteiger partial charge on any atom is 0.349 e. The van der Waals surface area contributed by atoms with Gasteiger partial charge in [0.15, 0.2) is 0 Å². The van der Waals surface area contributed by atoms with Crippen molar-refractivity contribution in [2.75, 3.05) is 5.32 Å². The van der Waals surface area contributed by atoms with E-state index in [4.69, 9.17) is 32.7 Å². The Balaban J connectivity index is 1.90. The van der Waals surface area contributed by atoms with Gasteiger partial charge in [0.05, 0.1) is 11.1 Å². The van der Waals surface area contributed by atoms with Crippen molar-refractivity contribution in [3.63, 3.8) is 0 Å². The first-order chi connectivity index (χ1) is 16.6. The zero-order valence-electron chi connectivity index (χ0n) is 17.6. The first-order valence-electron chi connectivity index (χ1n) is 9.86. The molecule has 8 nitrogen and oxygen atoms in total. The van der Waals surface area contributed by atoms with Crippen LogP contribution in [0.5, 0.6) is 0 Å². The van der Waals surface area contributed by atoms with Crippen LogP contribution in [-0.4, -0.2) is 41.1 Å².